The van der Waals surface area contributed by atoms with E-state index in [1.54, 1.807) is 24.4 Å². The summed E-state index contributed by atoms with van der Waals surface area (Å²) < 4.78 is 28.1. The van der Waals surface area contributed by atoms with Crippen LogP contribution in [0.3, 0.4) is 0 Å². The van der Waals surface area contributed by atoms with Crippen LogP contribution in [0.5, 0.6) is 0 Å². The van der Waals surface area contributed by atoms with Gasteiger partial charge >= 0.3 is 0 Å². The summed E-state index contributed by atoms with van der Waals surface area (Å²) in [5.41, 5.74) is 0.966. The Morgan fingerprint density at radius 3 is 2.75 bits per heavy atom. The van der Waals surface area contributed by atoms with E-state index in [-0.39, 0.29) is 0 Å². The molecule has 0 radical (unpaired) electrons. The topological polar surface area (TPSA) is 71.1 Å². The first-order chi connectivity index (χ1) is 9.42. The number of aromatic nitrogens is 1. The molecule has 0 atom stereocenters. The van der Waals surface area contributed by atoms with Crippen LogP contribution < -0.4 is 10.0 Å². The summed E-state index contributed by atoms with van der Waals surface area (Å²) in [6.45, 7) is 2.56. The Balaban J connectivity index is 2.26. The molecule has 0 fully saturated rings. The van der Waals surface area contributed by atoms with Gasteiger partial charge in [0.25, 0.3) is 10.0 Å². The molecule has 0 saturated carbocycles. The van der Waals surface area contributed by atoms with Gasteiger partial charge in [0.2, 0.25) is 0 Å². The highest BCUT2D eigenvalue weighted by Gasteiger charge is 2.19. The monoisotopic (exact) mass is 375 g/mol. The number of anilines is 1. The van der Waals surface area contributed by atoms with Gasteiger partial charge < -0.3 is 5.32 Å². The third kappa shape index (κ3) is 3.57. The van der Waals surface area contributed by atoms with E-state index in [1.165, 1.54) is 11.3 Å². The molecule has 0 aliphatic rings. The lowest BCUT2D eigenvalue weighted by atomic mass is 10.3. The molecular formula is C12H14BrN3O2S2. The minimum atomic E-state index is -3.58. The van der Waals surface area contributed by atoms with Crippen molar-refractivity contribution in [3.8, 4) is 0 Å². The van der Waals surface area contributed by atoms with Gasteiger partial charge in [-0.3, -0.25) is 4.72 Å². The quantitative estimate of drug-likeness (QED) is 0.842. The van der Waals surface area contributed by atoms with E-state index in [9.17, 15) is 8.42 Å². The van der Waals surface area contributed by atoms with Crippen molar-refractivity contribution in [2.24, 2.45) is 0 Å². The molecule has 2 heterocycles. The van der Waals surface area contributed by atoms with Crippen LogP contribution in [0.2, 0.25) is 0 Å². The fourth-order valence-corrected chi connectivity index (χ4v) is 4.43. The second kappa shape index (κ2) is 6.21. The smallest absolute Gasteiger partial charge is 0.272 e. The first kappa shape index (κ1) is 15.4. The van der Waals surface area contributed by atoms with Gasteiger partial charge in [0, 0.05) is 22.1 Å². The summed E-state index contributed by atoms with van der Waals surface area (Å²) in [5, 5.41) is 3.02. The number of hydrogen-bond acceptors (Lipinski definition) is 5. The van der Waals surface area contributed by atoms with Crippen LogP contribution in [-0.4, -0.2) is 20.4 Å². The molecule has 108 valence electrons. The van der Waals surface area contributed by atoms with Crippen LogP contribution in [-0.2, 0) is 16.6 Å². The number of nitrogens with one attached hydrogen (secondary N) is 2. The number of aryl methyl sites for hydroxylation is 1. The Bertz CT molecular complexity index is 696. The van der Waals surface area contributed by atoms with E-state index >= 15 is 0 Å². The largest absolute Gasteiger partial charge is 0.315 e. The average Bonchev–Trinajstić information content (AvgIpc) is 2.75. The maximum atomic E-state index is 12.3. The Morgan fingerprint density at radius 1 is 1.40 bits per heavy atom. The van der Waals surface area contributed by atoms with Gasteiger partial charge in [0.05, 0.1) is 0 Å². The molecule has 2 aromatic heterocycles. The van der Waals surface area contributed by atoms with E-state index in [4.69, 9.17) is 0 Å². The summed E-state index contributed by atoms with van der Waals surface area (Å²) in [6, 6.07) is 5.02. The van der Waals surface area contributed by atoms with Crippen LogP contribution in [0, 0.1) is 6.92 Å². The molecule has 0 aromatic carbocycles. The zero-order valence-corrected chi connectivity index (χ0v) is 14.2. The Kier molecular flexibility index (Phi) is 4.79. The first-order valence-corrected chi connectivity index (χ1v) is 8.90. The predicted molar refractivity (Wildman–Crippen MR) is 84.6 cm³/mol. The molecule has 20 heavy (non-hydrogen) atoms. The molecule has 2 aromatic rings. The number of sulfonamides is 1. The van der Waals surface area contributed by atoms with Gasteiger partial charge in [-0.2, -0.15) is 0 Å². The number of nitrogens with zero attached hydrogens (tertiary/aromatic N) is 1. The van der Waals surface area contributed by atoms with E-state index < -0.39 is 10.0 Å². The number of halogens is 1. The number of hydrogen-bond donors (Lipinski definition) is 2. The second-order valence-corrected chi connectivity index (χ2v) is 8.13. The molecule has 8 heteroatoms. The van der Waals surface area contributed by atoms with Crippen molar-refractivity contribution in [2.75, 3.05) is 11.8 Å². The van der Waals surface area contributed by atoms with Gasteiger partial charge in [-0.25, -0.2) is 13.4 Å². The lowest BCUT2D eigenvalue weighted by Gasteiger charge is -2.04. The fraction of sp³-hybridized carbons (Fsp3) is 0.250. The highest BCUT2D eigenvalue weighted by atomic mass is 79.9. The molecule has 0 saturated heterocycles. The van der Waals surface area contributed by atoms with E-state index in [2.05, 4.69) is 31.0 Å². The fourth-order valence-electron chi connectivity index (χ4n) is 1.58. The number of pyridine rings is 1. The van der Waals surface area contributed by atoms with E-state index in [1.807, 2.05) is 14.0 Å². The SMILES string of the molecule is CNCc1sc(S(=O)(=O)Nc2ccc(Br)cn2)cc1C. The highest BCUT2D eigenvalue weighted by molar-refractivity contribution is 9.10. The number of thiophene rings is 1. The molecule has 0 aliphatic heterocycles. The van der Waals surface area contributed by atoms with Crippen molar-refractivity contribution in [3.63, 3.8) is 0 Å². The van der Waals surface area contributed by atoms with Gasteiger partial charge in [-0.05, 0) is 53.7 Å². The van der Waals surface area contributed by atoms with E-state index in [0.29, 0.717) is 16.6 Å². The second-order valence-electron chi connectivity index (χ2n) is 4.17. The van der Waals surface area contributed by atoms with Crippen molar-refractivity contribution >= 4 is 43.1 Å². The summed E-state index contributed by atoms with van der Waals surface area (Å²) >= 11 is 4.52. The molecular weight excluding hydrogens is 362 g/mol. The molecule has 0 spiro atoms. The van der Waals surface area contributed by atoms with Crippen molar-refractivity contribution in [2.45, 2.75) is 17.7 Å². The van der Waals surface area contributed by atoms with Crippen molar-refractivity contribution in [3.05, 3.63) is 39.3 Å². The first-order valence-electron chi connectivity index (χ1n) is 5.80. The van der Waals surface area contributed by atoms with Gasteiger partial charge in [-0.1, -0.05) is 0 Å². The molecule has 5 nitrogen and oxygen atoms in total. The van der Waals surface area contributed by atoms with Crippen LogP contribution in [0.25, 0.3) is 0 Å². The zero-order chi connectivity index (χ0) is 14.8. The summed E-state index contributed by atoms with van der Waals surface area (Å²) in [6.07, 6.45) is 1.55. The molecule has 0 aliphatic carbocycles. The number of rotatable bonds is 5. The lowest BCUT2D eigenvalue weighted by Crippen LogP contribution is -2.12. The molecule has 2 rings (SSSR count). The minimum absolute atomic E-state index is 0.296. The van der Waals surface area contributed by atoms with Crippen molar-refractivity contribution in [1.82, 2.24) is 10.3 Å². The Hall–Kier alpha value is -0.960. The molecule has 0 amide bonds. The van der Waals surface area contributed by atoms with Crippen LogP contribution in [0.4, 0.5) is 5.82 Å². The predicted octanol–water partition coefficient (Wildman–Crippen LogP) is 2.73. The maximum Gasteiger partial charge on any atom is 0.272 e. The average molecular weight is 376 g/mol. The Labute approximate surface area is 130 Å². The van der Waals surface area contributed by atoms with Crippen molar-refractivity contribution in [1.29, 1.82) is 0 Å². The molecule has 0 unspecified atom stereocenters. The highest BCUT2D eigenvalue weighted by Crippen LogP contribution is 2.27. The van der Waals surface area contributed by atoms with Gasteiger partial charge in [0.1, 0.15) is 10.0 Å². The van der Waals surface area contributed by atoms with Crippen molar-refractivity contribution < 1.29 is 8.42 Å². The zero-order valence-electron chi connectivity index (χ0n) is 11.0. The molecule has 2 N–H and O–H groups in total. The van der Waals surface area contributed by atoms with Gasteiger partial charge in [0.15, 0.2) is 0 Å². The van der Waals surface area contributed by atoms with Gasteiger partial charge in [-0.15, -0.1) is 11.3 Å². The lowest BCUT2D eigenvalue weighted by molar-refractivity contribution is 0.603. The normalized spacial score (nSPS) is 11.6. The van der Waals surface area contributed by atoms with Crippen LogP contribution in [0.15, 0.2) is 33.1 Å². The maximum absolute atomic E-state index is 12.3. The molecule has 0 bridgehead atoms. The summed E-state index contributed by atoms with van der Waals surface area (Å²) in [7, 11) is -1.75. The van der Waals surface area contributed by atoms with E-state index in [0.717, 1.165) is 14.9 Å². The minimum Gasteiger partial charge on any atom is -0.315 e. The third-order valence-corrected chi connectivity index (χ3v) is 6.10. The van der Waals surface area contributed by atoms with Crippen LogP contribution >= 0.6 is 27.3 Å². The third-order valence-electron chi connectivity index (χ3n) is 2.57. The summed E-state index contributed by atoms with van der Waals surface area (Å²) in [5.74, 6) is 0.300. The standard InChI is InChI=1S/C12H14BrN3O2S2/c1-8-5-12(19-10(8)7-14-2)20(17,18)16-11-4-3-9(13)6-15-11/h3-6,14H,7H2,1-2H3,(H,15,16). The Morgan fingerprint density at radius 2 is 2.15 bits per heavy atom. The van der Waals surface area contributed by atoms with Crippen LogP contribution in [0.1, 0.15) is 10.4 Å². The summed E-state index contributed by atoms with van der Waals surface area (Å²) in [4.78, 5) is 5.02.